The second kappa shape index (κ2) is 4.79. The van der Waals surface area contributed by atoms with Gasteiger partial charge in [-0.1, -0.05) is 24.7 Å². The highest BCUT2D eigenvalue weighted by molar-refractivity contribution is 7.80. The molecule has 1 heterocycles. The molecule has 0 aromatic carbocycles. The molecule has 2 rings (SSSR count). The summed E-state index contributed by atoms with van der Waals surface area (Å²) in [6.45, 7) is 0.421. The lowest BCUT2D eigenvalue weighted by Gasteiger charge is -2.39. The van der Waals surface area contributed by atoms with Crippen LogP contribution in [-0.2, 0) is 11.3 Å². The molecule has 1 aliphatic rings. The van der Waals surface area contributed by atoms with Gasteiger partial charge >= 0.3 is 0 Å². The van der Waals surface area contributed by atoms with E-state index >= 15 is 0 Å². The molecule has 17 heavy (non-hydrogen) atoms. The molecule has 1 saturated carbocycles. The minimum Gasteiger partial charge on any atom is -0.392 e. The SMILES string of the molecule is NC(=S)C1(C(=O)NCc2ccccn2)CCC1. The standard InChI is InChI=1S/C12H15N3OS/c13-10(17)12(5-3-6-12)11(16)15-8-9-4-1-2-7-14-9/h1-2,4,7H,3,5-6,8H2,(H2,13,17)(H,15,16). The maximum Gasteiger partial charge on any atom is 0.233 e. The Balaban J connectivity index is 1.96. The quantitative estimate of drug-likeness (QED) is 0.786. The number of nitrogens with one attached hydrogen (secondary N) is 1. The van der Waals surface area contributed by atoms with Gasteiger partial charge in [0.15, 0.2) is 0 Å². The third kappa shape index (κ3) is 2.29. The van der Waals surface area contributed by atoms with Crippen LogP contribution < -0.4 is 11.1 Å². The van der Waals surface area contributed by atoms with Crippen molar-refractivity contribution >= 4 is 23.1 Å². The molecule has 0 spiro atoms. The second-order valence-corrected chi connectivity index (χ2v) is 4.74. The predicted molar refractivity (Wildman–Crippen MR) is 69.2 cm³/mol. The average Bonchev–Trinajstić information content (AvgIpc) is 2.25. The molecule has 0 atom stereocenters. The fraction of sp³-hybridized carbons (Fsp3) is 0.417. The summed E-state index contributed by atoms with van der Waals surface area (Å²) in [6, 6.07) is 5.60. The Bertz CT molecular complexity index is 429. The minimum atomic E-state index is -0.607. The van der Waals surface area contributed by atoms with Gasteiger partial charge in [0.05, 0.1) is 22.6 Å². The lowest BCUT2D eigenvalue weighted by atomic mass is 9.68. The number of thiocarbonyl (C=S) groups is 1. The molecule has 1 aliphatic carbocycles. The smallest absolute Gasteiger partial charge is 0.233 e. The molecule has 1 amide bonds. The van der Waals surface area contributed by atoms with Crippen molar-refractivity contribution in [3.63, 3.8) is 0 Å². The largest absolute Gasteiger partial charge is 0.392 e. The molecule has 4 nitrogen and oxygen atoms in total. The van der Waals surface area contributed by atoms with Crippen molar-refractivity contribution in [3.05, 3.63) is 30.1 Å². The van der Waals surface area contributed by atoms with Crippen molar-refractivity contribution in [2.45, 2.75) is 25.8 Å². The highest BCUT2D eigenvalue weighted by Gasteiger charge is 2.46. The van der Waals surface area contributed by atoms with Gasteiger partial charge in [-0.3, -0.25) is 9.78 Å². The zero-order valence-electron chi connectivity index (χ0n) is 9.48. The molecule has 1 aromatic heterocycles. The first kappa shape index (κ1) is 12.0. The summed E-state index contributed by atoms with van der Waals surface area (Å²) < 4.78 is 0. The maximum absolute atomic E-state index is 12.1. The van der Waals surface area contributed by atoms with Crippen LogP contribution in [-0.4, -0.2) is 15.9 Å². The molecule has 90 valence electrons. The van der Waals surface area contributed by atoms with E-state index in [1.54, 1.807) is 6.20 Å². The minimum absolute atomic E-state index is 0.0677. The Morgan fingerprint density at radius 2 is 2.29 bits per heavy atom. The molecule has 1 fully saturated rings. The summed E-state index contributed by atoms with van der Waals surface area (Å²) in [5, 5.41) is 2.85. The molecule has 5 heteroatoms. The number of nitrogens with two attached hydrogens (primary N) is 1. The van der Waals surface area contributed by atoms with Crippen molar-refractivity contribution in [2.24, 2.45) is 11.1 Å². The van der Waals surface area contributed by atoms with Crippen molar-refractivity contribution in [1.29, 1.82) is 0 Å². The first-order chi connectivity index (χ1) is 8.15. The molecule has 0 unspecified atom stereocenters. The Morgan fingerprint density at radius 3 is 2.76 bits per heavy atom. The first-order valence-corrected chi connectivity index (χ1v) is 6.04. The van der Waals surface area contributed by atoms with Crippen molar-refractivity contribution in [2.75, 3.05) is 0 Å². The van der Waals surface area contributed by atoms with Gasteiger partial charge in [-0.15, -0.1) is 0 Å². The van der Waals surface area contributed by atoms with E-state index in [4.69, 9.17) is 18.0 Å². The van der Waals surface area contributed by atoms with Crippen LogP contribution in [0.25, 0.3) is 0 Å². The van der Waals surface area contributed by atoms with Gasteiger partial charge in [-0.2, -0.15) is 0 Å². The number of pyridine rings is 1. The number of amides is 1. The van der Waals surface area contributed by atoms with Crippen LogP contribution >= 0.6 is 12.2 Å². The Kier molecular flexibility index (Phi) is 3.38. The summed E-state index contributed by atoms with van der Waals surface area (Å²) in [5.41, 5.74) is 5.88. The van der Waals surface area contributed by atoms with Gasteiger partial charge < -0.3 is 11.1 Å². The zero-order chi connectivity index (χ0) is 12.3. The van der Waals surface area contributed by atoms with Gasteiger partial charge in [0.1, 0.15) is 0 Å². The monoisotopic (exact) mass is 249 g/mol. The highest BCUT2D eigenvalue weighted by atomic mass is 32.1. The van der Waals surface area contributed by atoms with Crippen LogP contribution in [0, 0.1) is 5.41 Å². The fourth-order valence-electron chi connectivity index (χ4n) is 1.96. The van der Waals surface area contributed by atoms with E-state index < -0.39 is 5.41 Å². The molecular weight excluding hydrogens is 234 g/mol. The molecular formula is C12H15N3OS. The summed E-state index contributed by atoms with van der Waals surface area (Å²) in [4.78, 5) is 16.5. The van der Waals surface area contributed by atoms with Crippen LogP contribution in [0.2, 0.25) is 0 Å². The van der Waals surface area contributed by atoms with Crippen molar-refractivity contribution in [1.82, 2.24) is 10.3 Å². The van der Waals surface area contributed by atoms with E-state index in [0.717, 1.165) is 25.0 Å². The maximum atomic E-state index is 12.1. The van der Waals surface area contributed by atoms with E-state index in [2.05, 4.69) is 10.3 Å². The summed E-state index contributed by atoms with van der Waals surface area (Å²) >= 11 is 4.99. The van der Waals surface area contributed by atoms with E-state index in [0.29, 0.717) is 11.5 Å². The van der Waals surface area contributed by atoms with Crippen LogP contribution in [0.1, 0.15) is 25.0 Å². The summed E-state index contributed by atoms with van der Waals surface area (Å²) in [7, 11) is 0. The number of hydrogen-bond acceptors (Lipinski definition) is 3. The van der Waals surface area contributed by atoms with Gasteiger partial charge in [-0.05, 0) is 25.0 Å². The molecule has 0 bridgehead atoms. The number of rotatable bonds is 4. The van der Waals surface area contributed by atoms with Crippen molar-refractivity contribution < 1.29 is 4.79 Å². The molecule has 3 N–H and O–H groups in total. The topological polar surface area (TPSA) is 68.0 Å². The number of carbonyl (C=O) groups excluding carboxylic acids is 1. The van der Waals surface area contributed by atoms with E-state index in [9.17, 15) is 4.79 Å². The third-order valence-electron chi connectivity index (χ3n) is 3.27. The number of carbonyl (C=O) groups is 1. The van der Waals surface area contributed by atoms with Crippen LogP contribution in [0.4, 0.5) is 0 Å². The molecule has 1 aromatic rings. The Morgan fingerprint density at radius 1 is 1.53 bits per heavy atom. The average molecular weight is 249 g/mol. The number of aromatic nitrogens is 1. The summed E-state index contributed by atoms with van der Waals surface area (Å²) in [5.74, 6) is -0.0677. The lowest BCUT2D eigenvalue weighted by Crippen LogP contribution is -2.52. The zero-order valence-corrected chi connectivity index (χ0v) is 10.3. The van der Waals surface area contributed by atoms with E-state index in [-0.39, 0.29) is 5.91 Å². The predicted octanol–water partition coefficient (Wildman–Crippen LogP) is 1.15. The van der Waals surface area contributed by atoms with E-state index in [1.807, 2.05) is 18.2 Å². The van der Waals surface area contributed by atoms with Gasteiger partial charge in [0.25, 0.3) is 0 Å². The Labute approximate surface area is 106 Å². The molecule has 0 radical (unpaired) electrons. The van der Waals surface area contributed by atoms with E-state index in [1.165, 1.54) is 0 Å². The van der Waals surface area contributed by atoms with Gasteiger partial charge in [-0.25, -0.2) is 0 Å². The van der Waals surface area contributed by atoms with Crippen LogP contribution in [0.15, 0.2) is 24.4 Å². The first-order valence-electron chi connectivity index (χ1n) is 5.63. The number of hydrogen-bond donors (Lipinski definition) is 2. The van der Waals surface area contributed by atoms with Crippen molar-refractivity contribution in [3.8, 4) is 0 Å². The summed E-state index contributed by atoms with van der Waals surface area (Å²) in [6.07, 6.45) is 4.23. The second-order valence-electron chi connectivity index (χ2n) is 4.30. The third-order valence-corrected chi connectivity index (χ3v) is 3.66. The Hall–Kier alpha value is -1.49. The van der Waals surface area contributed by atoms with Gasteiger partial charge in [0.2, 0.25) is 5.91 Å². The normalized spacial score (nSPS) is 16.9. The molecule has 0 aliphatic heterocycles. The highest BCUT2D eigenvalue weighted by Crippen LogP contribution is 2.41. The molecule has 0 saturated heterocycles. The van der Waals surface area contributed by atoms with Gasteiger partial charge in [0, 0.05) is 6.20 Å². The number of nitrogens with zero attached hydrogens (tertiary/aromatic N) is 1. The van der Waals surface area contributed by atoms with Crippen LogP contribution in [0.5, 0.6) is 0 Å². The van der Waals surface area contributed by atoms with Crippen LogP contribution in [0.3, 0.4) is 0 Å². The lowest BCUT2D eigenvalue weighted by molar-refractivity contribution is -0.131. The fourth-order valence-corrected chi connectivity index (χ4v) is 2.26.